The molecular formula is C9H10ClNO. The van der Waals surface area contributed by atoms with Crippen LogP contribution in [0.1, 0.15) is 10.4 Å². The highest BCUT2D eigenvalue weighted by Crippen LogP contribution is 2.14. The number of hydrogen-bond donors (Lipinski definition) is 1. The summed E-state index contributed by atoms with van der Waals surface area (Å²) >= 11 is 5.44. The van der Waals surface area contributed by atoms with E-state index in [0.29, 0.717) is 5.56 Å². The molecule has 0 saturated carbocycles. The monoisotopic (exact) mass is 183 g/mol. The van der Waals surface area contributed by atoms with Crippen molar-refractivity contribution in [1.29, 1.82) is 0 Å². The predicted octanol–water partition coefficient (Wildman–Crippen LogP) is 2.15. The lowest BCUT2D eigenvalue weighted by Gasteiger charge is -2.04. The van der Waals surface area contributed by atoms with Crippen molar-refractivity contribution >= 4 is 23.1 Å². The van der Waals surface area contributed by atoms with Crippen molar-refractivity contribution in [3.63, 3.8) is 0 Å². The molecule has 0 heterocycles. The summed E-state index contributed by atoms with van der Waals surface area (Å²) in [6, 6.07) is 7.30. The van der Waals surface area contributed by atoms with E-state index in [2.05, 4.69) is 5.32 Å². The number of halogens is 1. The molecule has 1 aromatic carbocycles. The fourth-order valence-electron chi connectivity index (χ4n) is 1.02. The molecule has 0 amide bonds. The zero-order chi connectivity index (χ0) is 8.97. The minimum atomic E-state index is -0.0541. The molecule has 0 aromatic heterocycles. The smallest absolute Gasteiger partial charge is 0.179 e. The number of para-hydroxylation sites is 1. The number of alkyl halides is 1. The second-order valence-electron chi connectivity index (χ2n) is 2.35. The molecule has 12 heavy (non-hydrogen) atoms. The summed E-state index contributed by atoms with van der Waals surface area (Å²) < 4.78 is 0. The summed E-state index contributed by atoms with van der Waals surface area (Å²) in [6.45, 7) is 0. The molecule has 0 saturated heterocycles. The Bertz CT molecular complexity index is 286. The molecule has 0 aliphatic carbocycles. The molecule has 64 valence electrons. The maximum atomic E-state index is 11.2. The predicted molar refractivity (Wildman–Crippen MR) is 51.0 cm³/mol. The molecule has 1 N–H and O–H groups in total. The molecule has 2 nitrogen and oxygen atoms in total. The minimum absolute atomic E-state index is 0.0265. The second-order valence-corrected chi connectivity index (χ2v) is 2.62. The van der Waals surface area contributed by atoms with Gasteiger partial charge in [0.15, 0.2) is 5.78 Å². The number of carbonyl (C=O) groups is 1. The van der Waals surface area contributed by atoms with Gasteiger partial charge in [0.05, 0.1) is 5.88 Å². The van der Waals surface area contributed by atoms with Gasteiger partial charge in [0, 0.05) is 18.3 Å². The number of benzene rings is 1. The topological polar surface area (TPSA) is 29.1 Å². The Balaban J connectivity index is 3.04. The minimum Gasteiger partial charge on any atom is -0.388 e. The fraction of sp³-hybridized carbons (Fsp3) is 0.222. The zero-order valence-corrected chi connectivity index (χ0v) is 7.56. The van der Waals surface area contributed by atoms with Gasteiger partial charge in [0.25, 0.3) is 0 Å². The van der Waals surface area contributed by atoms with Crippen molar-refractivity contribution in [3.05, 3.63) is 29.8 Å². The fourth-order valence-corrected chi connectivity index (χ4v) is 1.16. The SMILES string of the molecule is CNc1ccccc1C(=O)CCl. The molecule has 0 spiro atoms. The molecule has 0 unspecified atom stereocenters. The standard InChI is InChI=1S/C9H10ClNO/c1-11-8-5-3-2-4-7(8)9(12)6-10/h2-5,11H,6H2,1H3. The third-order valence-corrected chi connectivity index (χ3v) is 1.86. The number of hydrogen-bond acceptors (Lipinski definition) is 2. The Morgan fingerprint density at radius 3 is 2.75 bits per heavy atom. The van der Waals surface area contributed by atoms with Crippen LogP contribution in [0.3, 0.4) is 0 Å². The van der Waals surface area contributed by atoms with Gasteiger partial charge >= 0.3 is 0 Å². The van der Waals surface area contributed by atoms with E-state index in [1.807, 2.05) is 18.2 Å². The lowest BCUT2D eigenvalue weighted by Crippen LogP contribution is -2.04. The summed E-state index contributed by atoms with van der Waals surface area (Å²) in [5, 5.41) is 2.93. The van der Waals surface area contributed by atoms with Crippen LogP contribution >= 0.6 is 11.6 Å². The number of ketones is 1. The van der Waals surface area contributed by atoms with Gasteiger partial charge in [0.1, 0.15) is 0 Å². The third kappa shape index (κ3) is 1.77. The Morgan fingerprint density at radius 1 is 1.50 bits per heavy atom. The molecular weight excluding hydrogens is 174 g/mol. The van der Waals surface area contributed by atoms with Crippen molar-refractivity contribution in [2.45, 2.75) is 0 Å². The molecule has 1 rings (SSSR count). The third-order valence-electron chi connectivity index (χ3n) is 1.62. The van der Waals surface area contributed by atoms with E-state index in [1.54, 1.807) is 13.1 Å². The van der Waals surface area contributed by atoms with E-state index in [4.69, 9.17) is 11.6 Å². The van der Waals surface area contributed by atoms with Crippen LogP contribution in [0.2, 0.25) is 0 Å². The van der Waals surface area contributed by atoms with Crippen LogP contribution in [-0.2, 0) is 0 Å². The first-order valence-corrected chi connectivity index (χ1v) is 4.19. The van der Waals surface area contributed by atoms with E-state index >= 15 is 0 Å². The first-order chi connectivity index (χ1) is 5.79. The first kappa shape index (κ1) is 9.07. The lowest BCUT2D eigenvalue weighted by atomic mass is 10.1. The van der Waals surface area contributed by atoms with Crippen molar-refractivity contribution in [3.8, 4) is 0 Å². The van der Waals surface area contributed by atoms with Gasteiger partial charge in [-0.05, 0) is 12.1 Å². The molecule has 0 atom stereocenters. The zero-order valence-electron chi connectivity index (χ0n) is 6.80. The van der Waals surface area contributed by atoms with Crippen LogP contribution < -0.4 is 5.32 Å². The largest absolute Gasteiger partial charge is 0.388 e. The van der Waals surface area contributed by atoms with Gasteiger partial charge in [-0.15, -0.1) is 11.6 Å². The number of rotatable bonds is 3. The highest BCUT2D eigenvalue weighted by atomic mass is 35.5. The van der Waals surface area contributed by atoms with Gasteiger partial charge < -0.3 is 5.32 Å². The van der Waals surface area contributed by atoms with Crippen LogP contribution in [0.5, 0.6) is 0 Å². The Kier molecular flexibility index (Phi) is 3.11. The normalized spacial score (nSPS) is 9.50. The molecule has 0 aliphatic heterocycles. The second kappa shape index (κ2) is 4.12. The van der Waals surface area contributed by atoms with Crippen LogP contribution in [0.4, 0.5) is 5.69 Å². The van der Waals surface area contributed by atoms with Crippen LogP contribution in [-0.4, -0.2) is 18.7 Å². The Morgan fingerprint density at radius 2 is 2.17 bits per heavy atom. The summed E-state index contributed by atoms with van der Waals surface area (Å²) in [5.74, 6) is -0.0276. The number of nitrogens with one attached hydrogen (secondary N) is 1. The van der Waals surface area contributed by atoms with Gasteiger partial charge in [-0.25, -0.2) is 0 Å². The lowest BCUT2D eigenvalue weighted by molar-refractivity contribution is 0.102. The van der Waals surface area contributed by atoms with Crippen molar-refractivity contribution < 1.29 is 4.79 Å². The number of carbonyl (C=O) groups excluding carboxylic acids is 1. The molecule has 0 aliphatic rings. The number of Topliss-reactive ketones (excluding diaryl/α,β-unsaturated/α-hetero) is 1. The quantitative estimate of drug-likeness (QED) is 0.575. The number of anilines is 1. The average Bonchev–Trinajstić information content (AvgIpc) is 2.16. The van der Waals surface area contributed by atoms with E-state index in [-0.39, 0.29) is 11.7 Å². The van der Waals surface area contributed by atoms with E-state index in [1.165, 1.54) is 0 Å². The summed E-state index contributed by atoms with van der Waals surface area (Å²) in [4.78, 5) is 11.2. The van der Waals surface area contributed by atoms with Crippen molar-refractivity contribution in [2.24, 2.45) is 0 Å². The first-order valence-electron chi connectivity index (χ1n) is 3.65. The highest BCUT2D eigenvalue weighted by Gasteiger charge is 2.07. The molecule has 0 bridgehead atoms. The van der Waals surface area contributed by atoms with Crippen molar-refractivity contribution in [1.82, 2.24) is 0 Å². The van der Waals surface area contributed by atoms with Gasteiger partial charge in [-0.1, -0.05) is 12.1 Å². The highest BCUT2D eigenvalue weighted by molar-refractivity contribution is 6.31. The molecule has 0 fully saturated rings. The van der Waals surface area contributed by atoms with E-state index in [0.717, 1.165) is 5.69 Å². The van der Waals surface area contributed by atoms with Crippen LogP contribution in [0, 0.1) is 0 Å². The van der Waals surface area contributed by atoms with E-state index in [9.17, 15) is 4.79 Å². The molecule has 0 radical (unpaired) electrons. The molecule has 1 aromatic rings. The Labute approximate surface area is 76.5 Å². The average molecular weight is 184 g/mol. The van der Waals surface area contributed by atoms with Gasteiger partial charge in [0.2, 0.25) is 0 Å². The summed E-state index contributed by atoms with van der Waals surface area (Å²) in [5.41, 5.74) is 1.47. The van der Waals surface area contributed by atoms with Crippen LogP contribution in [0.25, 0.3) is 0 Å². The van der Waals surface area contributed by atoms with E-state index < -0.39 is 0 Å². The maximum absolute atomic E-state index is 11.2. The van der Waals surface area contributed by atoms with Crippen molar-refractivity contribution in [2.75, 3.05) is 18.2 Å². The van der Waals surface area contributed by atoms with Crippen LogP contribution in [0.15, 0.2) is 24.3 Å². The summed E-state index contributed by atoms with van der Waals surface area (Å²) in [6.07, 6.45) is 0. The summed E-state index contributed by atoms with van der Waals surface area (Å²) in [7, 11) is 1.78. The van der Waals surface area contributed by atoms with Gasteiger partial charge in [-0.2, -0.15) is 0 Å². The van der Waals surface area contributed by atoms with Gasteiger partial charge in [-0.3, -0.25) is 4.79 Å². The molecule has 3 heteroatoms. The Hall–Kier alpha value is -1.02. The maximum Gasteiger partial charge on any atom is 0.179 e.